The molecular weight excluding hydrogens is 351 g/mol. The van der Waals surface area contributed by atoms with Gasteiger partial charge in [-0.25, -0.2) is 0 Å². The number of carbonyl (C=O) groups excluding carboxylic acids is 2. The fourth-order valence-corrected chi connectivity index (χ4v) is 2.26. The van der Waals surface area contributed by atoms with E-state index in [0.29, 0.717) is 16.3 Å². The summed E-state index contributed by atoms with van der Waals surface area (Å²) in [6.07, 6.45) is 2.85. The average molecular weight is 367 g/mol. The van der Waals surface area contributed by atoms with Gasteiger partial charge in [-0.3, -0.25) is 14.6 Å². The van der Waals surface area contributed by atoms with Gasteiger partial charge >= 0.3 is 0 Å². The fourth-order valence-electron chi connectivity index (χ4n) is 1.91. The molecule has 0 saturated carbocycles. The second-order valence-corrected chi connectivity index (χ2v) is 6.37. The maximum atomic E-state index is 12.3. The van der Waals surface area contributed by atoms with Gasteiger partial charge in [-0.1, -0.05) is 23.2 Å². The molecule has 0 atom stereocenters. The first-order valence-electron chi connectivity index (χ1n) is 7.15. The molecule has 5 nitrogen and oxygen atoms in total. The second-order valence-electron chi connectivity index (χ2n) is 5.53. The Labute approximate surface area is 149 Å². The zero-order valence-electron chi connectivity index (χ0n) is 13.2. The molecule has 1 aromatic heterocycles. The van der Waals surface area contributed by atoms with Crippen LogP contribution in [0.2, 0.25) is 10.0 Å². The summed E-state index contributed by atoms with van der Waals surface area (Å²) in [5.41, 5.74) is -0.848. The molecule has 1 heterocycles. The summed E-state index contributed by atoms with van der Waals surface area (Å²) >= 11 is 11.7. The first-order valence-corrected chi connectivity index (χ1v) is 7.91. The number of hydrogen-bond acceptors (Lipinski definition) is 4. The molecule has 126 valence electrons. The van der Waals surface area contributed by atoms with Crippen LogP contribution in [0.5, 0.6) is 5.75 Å². The third-order valence-electron chi connectivity index (χ3n) is 3.22. The van der Waals surface area contributed by atoms with Crippen molar-refractivity contribution in [2.45, 2.75) is 19.4 Å². The van der Waals surface area contributed by atoms with Crippen LogP contribution >= 0.6 is 23.2 Å². The molecule has 0 bridgehead atoms. The molecule has 7 heteroatoms. The van der Waals surface area contributed by atoms with Gasteiger partial charge in [0.15, 0.2) is 11.4 Å². The third kappa shape index (κ3) is 4.69. The van der Waals surface area contributed by atoms with Crippen LogP contribution in [0.15, 0.2) is 42.7 Å². The van der Waals surface area contributed by atoms with Gasteiger partial charge in [-0.05, 0) is 44.2 Å². The quantitative estimate of drug-likeness (QED) is 0.793. The third-order valence-corrected chi connectivity index (χ3v) is 3.77. The van der Waals surface area contributed by atoms with Gasteiger partial charge in [0.1, 0.15) is 5.75 Å². The Morgan fingerprint density at radius 2 is 1.83 bits per heavy atom. The molecule has 0 aliphatic rings. The predicted molar refractivity (Wildman–Crippen MR) is 92.7 cm³/mol. The summed E-state index contributed by atoms with van der Waals surface area (Å²) in [6, 6.07) is 8.17. The molecule has 0 fully saturated rings. The molecule has 0 aliphatic carbocycles. The summed E-state index contributed by atoms with van der Waals surface area (Å²) in [5, 5.41) is 3.38. The van der Waals surface area contributed by atoms with Crippen molar-refractivity contribution in [1.82, 2.24) is 10.3 Å². The van der Waals surface area contributed by atoms with Gasteiger partial charge in [0, 0.05) is 23.0 Å². The van der Waals surface area contributed by atoms with Gasteiger partial charge in [0.05, 0.1) is 11.6 Å². The van der Waals surface area contributed by atoms with E-state index in [0.717, 1.165) is 0 Å². The van der Waals surface area contributed by atoms with E-state index in [1.54, 1.807) is 38.1 Å². The number of nitrogens with zero attached hydrogens (tertiary/aromatic N) is 1. The minimum atomic E-state index is -1.16. The number of aromatic nitrogens is 1. The zero-order valence-corrected chi connectivity index (χ0v) is 14.7. The number of pyridine rings is 1. The summed E-state index contributed by atoms with van der Waals surface area (Å²) < 4.78 is 5.66. The van der Waals surface area contributed by atoms with Crippen molar-refractivity contribution in [2.75, 3.05) is 6.54 Å². The predicted octanol–water partition coefficient (Wildman–Crippen LogP) is 3.54. The Morgan fingerprint density at radius 3 is 2.46 bits per heavy atom. The number of hydrogen-bond donors (Lipinski definition) is 1. The Hall–Kier alpha value is -2.11. The lowest BCUT2D eigenvalue weighted by molar-refractivity contribution is -0.134. The van der Waals surface area contributed by atoms with Crippen LogP contribution in [0.3, 0.4) is 0 Å². The lowest BCUT2D eigenvalue weighted by atomic mass is 10.1. The highest BCUT2D eigenvalue weighted by Crippen LogP contribution is 2.21. The first-order chi connectivity index (χ1) is 11.3. The largest absolute Gasteiger partial charge is 0.478 e. The molecule has 0 aliphatic heterocycles. The van der Waals surface area contributed by atoms with E-state index in [-0.39, 0.29) is 17.4 Å². The van der Waals surface area contributed by atoms with E-state index in [2.05, 4.69) is 10.3 Å². The van der Waals surface area contributed by atoms with Crippen molar-refractivity contribution in [2.24, 2.45) is 0 Å². The number of Topliss-reactive ketones (excluding diaryl/α,β-unsaturated/α-hetero) is 1. The van der Waals surface area contributed by atoms with Crippen LogP contribution in [0, 0.1) is 0 Å². The Bertz CT molecular complexity index is 746. The van der Waals surface area contributed by atoms with Gasteiger partial charge in [0.25, 0.3) is 5.91 Å². The van der Waals surface area contributed by atoms with E-state index in [1.165, 1.54) is 18.5 Å². The van der Waals surface area contributed by atoms with Crippen LogP contribution in [0.25, 0.3) is 0 Å². The maximum Gasteiger partial charge on any atom is 0.263 e. The molecule has 0 unspecified atom stereocenters. The highest BCUT2D eigenvalue weighted by atomic mass is 35.5. The number of nitrogens with one attached hydrogen (secondary N) is 1. The number of ether oxygens (including phenoxy) is 1. The van der Waals surface area contributed by atoms with Crippen molar-refractivity contribution < 1.29 is 14.3 Å². The average Bonchev–Trinajstić information content (AvgIpc) is 2.54. The minimum Gasteiger partial charge on any atom is -0.478 e. The first kappa shape index (κ1) is 18.2. The zero-order chi connectivity index (χ0) is 17.7. The molecule has 0 spiro atoms. The second kappa shape index (κ2) is 7.64. The normalized spacial score (nSPS) is 11.0. The van der Waals surface area contributed by atoms with Crippen LogP contribution in [0.4, 0.5) is 0 Å². The number of rotatable bonds is 6. The van der Waals surface area contributed by atoms with Crippen molar-refractivity contribution in [1.29, 1.82) is 0 Å². The molecule has 0 saturated heterocycles. The summed E-state index contributed by atoms with van der Waals surface area (Å²) in [6.45, 7) is 3.04. The van der Waals surface area contributed by atoms with Crippen molar-refractivity contribution in [3.63, 3.8) is 0 Å². The SMILES string of the molecule is CC(C)(Oc1ccc(Cl)cc1)C(=O)NCC(=O)c1ccncc1Cl. The van der Waals surface area contributed by atoms with E-state index >= 15 is 0 Å². The van der Waals surface area contributed by atoms with E-state index in [1.807, 2.05) is 0 Å². The van der Waals surface area contributed by atoms with Gasteiger partial charge in [-0.2, -0.15) is 0 Å². The molecule has 24 heavy (non-hydrogen) atoms. The van der Waals surface area contributed by atoms with E-state index in [4.69, 9.17) is 27.9 Å². The number of benzene rings is 1. The van der Waals surface area contributed by atoms with Crippen LogP contribution in [-0.2, 0) is 4.79 Å². The van der Waals surface area contributed by atoms with Gasteiger partial charge in [-0.15, -0.1) is 0 Å². The Kier molecular flexibility index (Phi) is 5.80. The number of carbonyl (C=O) groups is 2. The van der Waals surface area contributed by atoms with Crippen molar-refractivity contribution >= 4 is 34.9 Å². The smallest absolute Gasteiger partial charge is 0.263 e. The number of halogens is 2. The van der Waals surface area contributed by atoms with Crippen molar-refractivity contribution in [3.05, 3.63) is 58.3 Å². The molecular formula is C17H16Cl2N2O3. The van der Waals surface area contributed by atoms with Gasteiger partial charge < -0.3 is 10.1 Å². The maximum absolute atomic E-state index is 12.3. The topological polar surface area (TPSA) is 68.3 Å². The molecule has 2 rings (SSSR count). The van der Waals surface area contributed by atoms with Crippen molar-refractivity contribution in [3.8, 4) is 5.75 Å². The standard InChI is InChI=1S/C17H16Cl2N2O3/c1-17(2,24-12-5-3-11(18)4-6-12)16(23)21-10-15(22)13-7-8-20-9-14(13)19/h3-9H,10H2,1-2H3,(H,21,23). The van der Waals surface area contributed by atoms with E-state index < -0.39 is 11.5 Å². The number of amides is 1. The molecule has 1 amide bonds. The molecule has 0 radical (unpaired) electrons. The lowest BCUT2D eigenvalue weighted by Crippen LogP contribution is -2.48. The Morgan fingerprint density at radius 1 is 1.17 bits per heavy atom. The number of ketones is 1. The highest BCUT2D eigenvalue weighted by Gasteiger charge is 2.30. The van der Waals surface area contributed by atoms with Crippen LogP contribution in [-0.4, -0.2) is 28.8 Å². The fraction of sp³-hybridized carbons (Fsp3) is 0.235. The lowest BCUT2D eigenvalue weighted by Gasteiger charge is -2.25. The van der Waals surface area contributed by atoms with Crippen LogP contribution < -0.4 is 10.1 Å². The Balaban J connectivity index is 1.96. The highest BCUT2D eigenvalue weighted by molar-refractivity contribution is 6.34. The summed E-state index contributed by atoms with van der Waals surface area (Å²) in [4.78, 5) is 28.2. The van der Waals surface area contributed by atoms with E-state index in [9.17, 15) is 9.59 Å². The summed E-state index contributed by atoms with van der Waals surface area (Å²) in [5.74, 6) is -0.225. The van der Waals surface area contributed by atoms with Crippen LogP contribution in [0.1, 0.15) is 24.2 Å². The molecule has 2 aromatic rings. The van der Waals surface area contributed by atoms with Gasteiger partial charge in [0.2, 0.25) is 0 Å². The summed E-state index contributed by atoms with van der Waals surface area (Å²) in [7, 11) is 0. The molecule has 1 aromatic carbocycles. The minimum absolute atomic E-state index is 0.185. The molecule has 1 N–H and O–H groups in total. The monoisotopic (exact) mass is 366 g/mol.